The second-order valence-corrected chi connectivity index (χ2v) is 3.94. The molecule has 74 valence electrons. The van der Waals surface area contributed by atoms with E-state index in [1.807, 2.05) is 12.1 Å². The summed E-state index contributed by atoms with van der Waals surface area (Å²) < 4.78 is 4.65. The van der Waals surface area contributed by atoms with Gasteiger partial charge in [0.2, 0.25) is 0 Å². The van der Waals surface area contributed by atoms with Crippen LogP contribution in [-0.4, -0.2) is 13.1 Å². The Labute approximate surface area is 87.8 Å². The maximum Gasteiger partial charge on any atom is 0.337 e. The third-order valence-electron chi connectivity index (χ3n) is 2.57. The van der Waals surface area contributed by atoms with Crippen molar-refractivity contribution in [1.29, 1.82) is 0 Å². The Balaban J connectivity index is 2.37. The van der Waals surface area contributed by atoms with E-state index in [4.69, 9.17) is 11.6 Å². The summed E-state index contributed by atoms with van der Waals surface area (Å²) in [5.41, 5.74) is 2.93. The molecule has 0 N–H and O–H groups in total. The van der Waals surface area contributed by atoms with Gasteiger partial charge in [-0.25, -0.2) is 4.79 Å². The van der Waals surface area contributed by atoms with E-state index >= 15 is 0 Å². The monoisotopic (exact) mass is 210 g/mol. The number of fused-ring (bicyclic) bond motifs is 1. The third kappa shape index (κ3) is 1.50. The number of benzene rings is 1. The van der Waals surface area contributed by atoms with Crippen LogP contribution in [0.15, 0.2) is 18.2 Å². The van der Waals surface area contributed by atoms with Crippen LogP contribution in [0.5, 0.6) is 0 Å². The number of methoxy groups -OCH3 is 1. The maximum atomic E-state index is 11.2. The van der Waals surface area contributed by atoms with Gasteiger partial charge in [-0.2, -0.15) is 0 Å². The number of carbonyl (C=O) groups is 1. The van der Waals surface area contributed by atoms with E-state index < -0.39 is 0 Å². The average molecular weight is 211 g/mol. The predicted molar refractivity (Wildman–Crippen MR) is 54.7 cm³/mol. The first-order valence-corrected chi connectivity index (χ1v) is 5.01. The summed E-state index contributed by atoms with van der Waals surface area (Å²) in [6, 6.07) is 5.57. The molecule has 1 aromatic carbocycles. The van der Waals surface area contributed by atoms with Crippen LogP contribution in [0.2, 0.25) is 0 Å². The smallest absolute Gasteiger partial charge is 0.337 e. The van der Waals surface area contributed by atoms with Gasteiger partial charge < -0.3 is 4.74 Å². The molecule has 0 heterocycles. The number of halogens is 1. The third-order valence-corrected chi connectivity index (χ3v) is 3.02. The van der Waals surface area contributed by atoms with Crippen LogP contribution in [0.1, 0.15) is 33.3 Å². The van der Waals surface area contributed by atoms with Crippen LogP contribution in [0, 0.1) is 0 Å². The zero-order valence-electron chi connectivity index (χ0n) is 7.92. The lowest BCUT2D eigenvalue weighted by Crippen LogP contribution is -2.01. The standard InChI is InChI=1S/C11H11ClO2/c1-14-11(13)8-2-4-9-7(6-8)3-5-10(9)12/h2,4,6,10H,3,5H2,1H3. The second kappa shape index (κ2) is 3.62. The predicted octanol–water partition coefficient (Wildman–Crippen LogP) is 2.70. The first-order valence-electron chi connectivity index (χ1n) is 4.57. The van der Waals surface area contributed by atoms with E-state index in [1.54, 1.807) is 6.07 Å². The zero-order valence-corrected chi connectivity index (χ0v) is 8.67. The lowest BCUT2D eigenvalue weighted by Gasteiger charge is -2.04. The van der Waals surface area contributed by atoms with Crippen molar-refractivity contribution < 1.29 is 9.53 Å². The van der Waals surface area contributed by atoms with E-state index in [2.05, 4.69) is 4.74 Å². The number of hydrogen-bond donors (Lipinski definition) is 0. The lowest BCUT2D eigenvalue weighted by molar-refractivity contribution is 0.0600. The Morgan fingerprint density at radius 1 is 1.57 bits per heavy atom. The Bertz CT molecular complexity index is 374. The van der Waals surface area contributed by atoms with E-state index in [0.717, 1.165) is 18.4 Å². The van der Waals surface area contributed by atoms with Crippen LogP contribution < -0.4 is 0 Å². The fourth-order valence-electron chi connectivity index (χ4n) is 1.81. The number of ether oxygens (including phenoxy) is 1. The highest BCUT2D eigenvalue weighted by Gasteiger charge is 2.21. The Hall–Kier alpha value is -1.02. The summed E-state index contributed by atoms with van der Waals surface area (Å²) in [7, 11) is 1.39. The number of alkyl halides is 1. The van der Waals surface area contributed by atoms with E-state index in [-0.39, 0.29) is 11.3 Å². The molecule has 1 atom stereocenters. The molecule has 0 saturated carbocycles. The lowest BCUT2D eigenvalue weighted by atomic mass is 10.1. The van der Waals surface area contributed by atoms with Crippen LogP contribution >= 0.6 is 11.6 Å². The largest absolute Gasteiger partial charge is 0.465 e. The minimum absolute atomic E-state index is 0.108. The minimum Gasteiger partial charge on any atom is -0.465 e. The number of hydrogen-bond acceptors (Lipinski definition) is 2. The minimum atomic E-state index is -0.286. The SMILES string of the molecule is COC(=O)c1ccc2c(c1)CCC2Cl. The van der Waals surface area contributed by atoms with Crippen molar-refractivity contribution >= 4 is 17.6 Å². The highest BCUT2D eigenvalue weighted by molar-refractivity contribution is 6.21. The van der Waals surface area contributed by atoms with E-state index in [1.165, 1.54) is 12.7 Å². The molecular formula is C11H11ClO2. The molecule has 14 heavy (non-hydrogen) atoms. The molecule has 0 amide bonds. The highest BCUT2D eigenvalue weighted by atomic mass is 35.5. The molecule has 1 aliphatic rings. The summed E-state index contributed by atoms with van der Waals surface area (Å²) in [5, 5.41) is 0.108. The molecule has 2 nitrogen and oxygen atoms in total. The average Bonchev–Trinajstić information content (AvgIpc) is 2.59. The van der Waals surface area contributed by atoms with Gasteiger partial charge >= 0.3 is 5.97 Å². The number of rotatable bonds is 1. The molecule has 3 heteroatoms. The molecule has 0 bridgehead atoms. The molecular weight excluding hydrogens is 200 g/mol. The zero-order chi connectivity index (χ0) is 10.1. The molecule has 0 saturated heterocycles. The molecule has 0 aliphatic heterocycles. The fraction of sp³-hybridized carbons (Fsp3) is 0.364. The van der Waals surface area contributed by atoms with Gasteiger partial charge in [0.1, 0.15) is 0 Å². The summed E-state index contributed by atoms with van der Waals surface area (Å²) in [6.45, 7) is 0. The summed E-state index contributed by atoms with van der Waals surface area (Å²) >= 11 is 6.09. The summed E-state index contributed by atoms with van der Waals surface area (Å²) in [6.07, 6.45) is 1.91. The number of aryl methyl sites for hydroxylation is 1. The molecule has 1 aliphatic carbocycles. The van der Waals surface area contributed by atoms with Crippen molar-refractivity contribution in [2.45, 2.75) is 18.2 Å². The second-order valence-electron chi connectivity index (χ2n) is 3.41. The summed E-state index contributed by atoms with van der Waals surface area (Å²) in [4.78, 5) is 11.2. The van der Waals surface area contributed by atoms with Crippen molar-refractivity contribution in [3.63, 3.8) is 0 Å². The summed E-state index contributed by atoms with van der Waals surface area (Å²) in [5.74, 6) is -0.286. The molecule has 0 aromatic heterocycles. The van der Waals surface area contributed by atoms with Gasteiger partial charge in [-0.3, -0.25) is 0 Å². The van der Waals surface area contributed by atoms with Gasteiger partial charge in [-0.05, 0) is 36.1 Å². The van der Waals surface area contributed by atoms with E-state index in [9.17, 15) is 4.79 Å². The first kappa shape index (κ1) is 9.53. The van der Waals surface area contributed by atoms with Gasteiger partial charge in [0.05, 0.1) is 18.1 Å². The Morgan fingerprint density at radius 3 is 3.07 bits per heavy atom. The first-order chi connectivity index (χ1) is 6.72. The van der Waals surface area contributed by atoms with Crippen LogP contribution in [0.4, 0.5) is 0 Å². The van der Waals surface area contributed by atoms with Crippen molar-refractivity contribution in [3.05, 3.63) is 34.9 Å². The molecule has 0 spiro atoms. The maximum absolute atomic E-state index is 11.2. The van der Waals surface area contributed by atoms with Crippen molar-refractivity contribution in [3.8, 4) is 0 Å². The molecule has 1 aromatic rings. The van der Waals surface area contributed by atoms with Crippen molar-refractivity contribution in [1.82, 2.24) is 0 Å². The molecule has 0 radical (unpaired) electrons. The van der Waals surface area contributed by atoms with Gasteiger partial charge in [-0.15, -0.1) is 11.6 Å². The van der Waals surface area contributed by atoms with E-state index in [0.29, 0.717) is 5.56 Å². The van der Waals surface area contributed by atoms with Crippen molar-refractivity contribution in [2.75, 3.05) is 7.11 Å². The van der Waals surface area contributed by atoms with Gasteiger partial charge in [0, 0.05) is 0 Å². The topological polar surface area (TPSA) is 26.3 Å². The van der Waals surface area contributed by atoms with Crippen LogP contribution in [-0.2, 0) is 11.2 Å². The molecule has 1 unspecified atom stereocenters. The van der Waals surface area contributed by atoms with Crippen LogP contribution in [0.3, 0.4) is 0 Å². The molecule has 0 fully saturated rings. The Kier molecular flexibility index (Phi) is 2.46. The number of carbonyl (C=O) groups excluding carboxylic acids is 1. The highest BCUT2D eigenvalue weighted by Crippen LogP contribution is 2.36. The Morgan fingerprint density at radius 2 is 2.36 bits per heavy atom. The van der Waals surface area contributed by atoms with Crippen LogP contribution in [0.25, 0.3) is 0 Å². The van der Waals surface area contributed by atoms with Gasteiger partial charge in [-0.1, -0.05) is 6.07 Å². The molecule has 2 rings (SSSR count). The quantitative estimate of drug-likeness (QED) is 0.526. The fourth-order valence-corrected chi connectivity index (χ4v) is 2.13. The van der Waals surface area contributed by atoms with Gasteiger partial charge in [0.25, 0.3) is 0 Å². The normalized spacial score (nSPS) is 19.1. The number of esters is 1. The van der Waals surface area contributed by atoms with Gasteiger partial charge in [0.15, 0.2) is 0 Å². The van der Waals surface area contributed by atoms with Crippen molar-refractivity contribution in [2.24, 2.45) is 0 Å².